The lowest BCUT2D eigenvalue weighted by Gasteiger charge is -2.47. The Morgan fingerprint density at radius 3 is 2.59 bits per heavy atom. The zero-order valence-corrected chi connectivity index (χ0v) is 17.1. The summed E-state index contributed by atoms with van der Waals surface area (Å²) in [5.74, 6) is 0.214. The molecule has 27 heavy (non-hydrogen) atoms. The zero-order chi connectivity index (χ0) is 19.5. The molecule has 2 saturated heterocycles. The van der Waals surface area contributed by atoms with Crippen molar-refractivity contribution < 1.29 is 17.9 Å². The average molecular weight is 395 g/mol. The molecule has 0 unspecified atom stereocenters. The minimum Gasteiger partial charge on any atom is -0.385 e. The Bertz CT molecular complexity index is 770. The molecule has 0 atom stereocenters. The van der Waals surface area contributed by atoms with Gasteiger partial charge in [0.15, 0.2) is 0 Å². The molecule has 0 aromatic heterocycles. The number of carbonyl (C=O) groups is 1. The van der Waals surface area contributed by atoms with E-state index in [1.54, 1.807) is 29.6 Å². The number of piperidine rings is 2. The molecular formula is C20H30N2O4S. The summed E-state index contributed by atoms with van der Waals surface area (Å²) in [6, 6.07) is 7.10. The monoisotopic (exact) mass is 394 g/mol. The van der Waals surface area contributed by atoms with Crippen LogP contribution in [0.3, 0.4) is 0 Å². The lowest BCUT2D eigenvalue weighted by atomic mass is 9.72. The van der Waals surface area contributed by atoms with Gasteiger partial charge in [-0.25, -0.2) is 8.42 Å². The van der Waals surface area contributed by atoms with Gasteiger partial charge in [-0.3, -0.25) is 4.79 Å². The fourth-order valence-corrected chi connectivity index (χ4v) is 5.79. The molecule has 6 nitrogen and oxygen atoms in total. The molecule has 3 rings (SSSR count). The van der Waals surface area contributed by atoms with Crippen LogP contribution in [0.15, 0.2) is 29.2 Å². The minimum atomic E-state index is -3.45. The van der Waals surface area contributed by atoms with E-state index >= 15 is 0 Å². The Hall–Kier alpha value is -1.44. The number of rotatable bonds is 6. The van der Waals surface area contributed by atoms with Crippen molar-refractivity contribution in [2.24, 2.45) is 5.41 Å². The number of sulfonamides is 1. The van der Waals surface area contributed by atoms with Crippen molar-refractivity contribution in [3.8, 4) is 0 Å². The van der Waals surface area contributed by atoms with Gasteiger partial charge >= 0.3 is 0 Å². The summed E-state index contributed by atoms with van der Waals surface area (Å²) < 4.78 is 32.6. The molecule has 2 fully saturated rings. The Kier molecular flexibility index (Phi) is 6.23. The molecule has 1 spiro atoms. The molecule has 0 bridgehead atoms. The normalized spacial score (nSPS) is 21.0. The molecule has 1 amide bonds. The molecular weight excluding hydrogens is 364 g/mol. The smallest absolute Gasteiger partial charge is 0.243 e. The summed E-state index contributed by atoms with van der Waals surface area (Å²) in [6.07, 6.45) is 3.90. The summed E-state index contributed by atoms with van der Waals surface area (Å²) in [7, 11) is -1.77. The molecule has 2 aliphatic rings. The van der Waals surface area contributed by atoms with Crippen molar-refractivity contribution in [2.75, 3.05) is 39.9 Å². The quantitative estimate of drug-likeness (QED) is 0.695. The molecule has 150 valence electrons. The van der Waals surface area contributed by atoms with E-state index in [4.69, 9.17) is 4.74 Å². The number of ether oxygens (including phenoxy) is 1. The lowest BCUT2D eigenvalue weighted by Crippen LogP contribution is -2.52. The van der Waals surface area contributed by atoms with Crippen molar-refractivity contribution in [3.05, 3.63) is 29.8 Å². The number of aryl methyl sites for hydroxylation is 1. The largest absolute Gasteiger partial charge is 0.385 e. The molecule has 0 N–H and O–H groups in total. The first-order chi connectivity index (χ1) is 12.9. The van der Waals surface area contributed by atoms with Crippen molar-refractivity contribution in [3.63, 3.8) is 0 Å². The summed E-state index contributed by atoms with van der Waals surface area (Å²) in [4.78, 5) is 14.6. The van der Waals surface area contributed by atoms with E-state index < -0.39 is 10.0 Å². The van der Waals surface area contributed by atoms with E-state index in [0.717, 1.165) is 44.3 Å². The predicted molar refractivity (Wildman–Crippen MR) is 104 cm³/mol. The first kappa shape index (κ1) is 20.3. The third kappa shape index (κ3) is 4.52. The number of hydrogen-bond donors (Lipinski definition) is 0. The Labute approximate surface area is 162 Å². The molecule has 0 aliphatic carbocycles. The number of methoxy groups -OCH3 is 1. The number of nitrogens with zero attached hydrogens (tertiary/aromatic N) is 2. The van der Waals surface area contributed by atoms with Gasteiger partial charge in [-0.2, -0.15) is 4.31 Å². The molecule has 7 heteroatoms. The van der Waals surface area contributed by atoms with Gasteiger partial charge in [0.05, 0.1) is 4.90 Å². The van der Waals surface area contributed by atoms with Gasteiger partial charge in [-0.05, 0) is 55.7 Å². The Balaban J connectivity index is 1.64. The SMILES string of the molecule is COCCCN1CC2(CCC1=O)CCN(S(=O)(=O)c1cccc(C)c1)CC2. The molecule has 2 heterocycles. The van der Waals surface area contributed by atoms with E-state index in [9.17, 15) is 13.2 Å². The highest BCUT2D eigenvalue weighted by molar-refractivity contribution is 7.89. The second-order valence-corrected chi connectivity index (χ2v) is 9.82. The number of amides is 1. The highest BCUT2D eigenvalue weighted by Crippen LogP contribution is 2.41. The maximum absolute atomic E-state index is 12.9. The van der Waals surface area contributed by atoms with Gasteiger partial charge in [0, 0.05) is 46.3 Å². The van der Waals surface area contributed by atoms with Crippen LogP contribution in [0.2, 0.25) is 0 Å². The van der Waals surface area contributed by atoms with Crippen LogP contribution in [0.5, 0.6) is 0 Å². The maximum Gasteiger partial charge on any atom is 0.243 e. The molecule has 1 aromatic carbocycles. The predicted octanol–water partition coefficient (Wildman–Crippen LogP) is 2.42. The van der Waals surface area contributed by atoms with Gasteiger partial charge in [0.25, 0.3) is 0 Å². The van der Waals surface area contributed by atoms with Crippen molar-refractivity contribution >= 4 is 15.9 Å². The highest BCUT2D eigenvalue weighted by Gasteiger charge is 2.43. The average Bonchev–Trinajstić information content (AvgIpc) is 2.65. The second-order valence-electron chi connectivity index (χ2n) is 7.88. The number of hydrogen-bond acceptors (Lipinski definition) is 4. The number of carbonyl (C=O) groups excluding carboxylic acids is 1. The van der Waals surface area contributed by atoms with Crippen LogP contribution < -0.4 is 0 Å². The summed E-state index contributed by atoms with van der Waals surface area (Å²) in [5, 5.41) is 0. The van der Waals surface area contributed by atoms with Crippen LogP contribution in [0, 0.1) is 12.3 Å². The first-order valence-corrected chi connectivity index (χ1v) is 11.1. The highest BCUT2D eigenvalue weighted by atomic mass is 32.2. The molecule has 0 radical (unpaired) electrons. The third-order valence-corrected chi connectivity index (χ3v) is 7.83. The van der Waals surface area contributed by atoms with Crippen LogP contribution in [0.1, 0.15) is 37.7 Å². The van der Waals surface area contributed by atoms with E-state index in [-0.39, 0.29) is 11.3 Å². The van der Waals surface area contributed by atoms with Crippen molar-refractivity contribution in [1.29, 1.82) is 0 Å². The molecule has 1 aromatic rings. The second kappa shape index (κ2) is 8.29. The summed E-state index contributed by atoms with van der Waals surface area (Å²) >= 11 is 0. The fraction of sp³-hybridized carbons (Fsp3) is 0.650. The summed E-state index contributed by atoms with van der Waals surface area (Å²) in [5.41, 5.74) is 1.00. The van der Waals surface area contributed by atoms with Gasteiger partial charge in [0.2, 0.25) is 15.9 Å². The topological polar surface area (TPSA) is 66.9 Å². The zero-order valence-electron chi connectivity index (χ0n) is 16.3. The van der Waals surface area contributed by atoms with Gasteiger partial charge < -0.3 is 9.64 Å². The van der Waals surface area contributed by atoms with Crippen molar-refractivity contribution in [2.45, 2.75) is 43.9 Å². The van der Waals surface area contributed by atoms with Gasteiger partial charge in [-0.1, -0.05) is 12.1 Å². The fourth-order valence-electron chi connectivity index (χ4n) is 4.24. The van der Waals surface area contributed by atoms with Crippen LogP contribution >= 0.6 is 0 Å². The van der Waals surface area contributed by atoms with Crippen LogP contribution in [-0.2, 0) is 19.6 Å². The van der Waals surface area contributed by atoms with E-state index in [1.807, 2.05) is 17.9 Å². The standard InChI is InChI=1S/C20H30N2O4S/c1-17-5-3-6-18(15-17)27(24,25)22-12-9-20(10-13-22)8-7-19(23)21(16-20)11-4-14-26-2/h3,5-6,15H,4,7-14,16H2,1-2H3. The minimum absolute atomic E-state index is 0.0552. The first-order valence-electron chi connectivity index (χ1n) is 9.70. The van der Waals surface area contributed by atoms with E-state index in [1.165, 1.54) is 0 Å². The third-order valence-electron chi connectivity index (χ3n) is 5.94. The van der Waals surface area contributed by atoms with Gasteiger partial charge in [-0.15, -0.1) is 0 Å². The number of likely N-dealkylation sites (tertiary alicyclic amines) is 1. The van der Waals surface area contributed by atoms with Crippen LogP contribution in [0.25, 0.3) is 0 Å². The Morgan fingerprint density at radius 2 is 1.93 bits per heavy atom. The molecule has 2 aliphatic heterocycles. The van der Waals surface area contributed by atoms with Gasteiger partial charge in [0.1, 0.15) is 0 Å². The molecule has 0 saturated carbocycles. The number of benzene rings is 1. The summed E-state index contributed by atoms with van der Waals surface area (Å²) in [6.45, 7) is 5.07. The Morgan fingerprint density at radius 1 is 1.19 bits per heavy atom. The maximum atomic E-state index is 12.9. The van der Waals surface area contributed by atoms with Crippen LogP contribution in [-0.4, -0.2) is 63.4 Å². The van der Waals surface area contributed by atoms with E-state index in [2.05, 4.69) is 0 Å². The van der Waals surface area contributed by atoms with Crippen molar-refractivity contribution in [1.82, 2.24) is 9.21 Å². The van der Waals surface area contributed by atoms with Crippen LogP contribution in [0.4, 0.5) is 0 Å². The lowest BCUT2D eigenvalue weighted by molar-refractivity contribution is -0.139. The van der Waals surface area contributed by atoms with E-state index in [0.29, 0.717) is 31.0 Å².